The van der Waals surface area contributed by atoms with Crippen molar-refractivity contribution in [2.45, 2.75) is 26.4 Å². The van der Waals surface area contributed by atoms with Gasteiger partial charge in [0.05, 0.1) is 17.6 Å². The van der Waals surface area contributed by atoms with Gasteiger partial charge in [0.15, 0.2) is 0 Å². The van der Waals surface area contributed by atoms with E-state index >= 15 is 0 Å². The summed E-state index contributed by atoms with van der Waals surface area (Å²) in [7, 11) is 0. The number of rotatable bonds is 6. The highest BCUT2D eigenvalue weighted by Gasteiger charge is 2.05. The Labute approximate surface area is 118 Å². The molecule has 0 saturated heterocycles. The van der Waals surface area contributed by atoms with E-state index in [4.69, 9.17) is 0 Å². The molecule has 3 rings (SSSR count). The molecular weight excluding hydrogens is 250 g/mol. The fourth-order valence-electron chi connectivity index (χ4n) is 2.44. The molecule has 104 valence electrons. The van der Waals surface area contributed by atoms with Crippen LogP contribution in [0.2, 0.25) is 0 Å². The minimum Gasteiger partial charge on any atom is -0.348 e. The standard InChI is InChI=1S/C15H19N5/c1-12-19-13-5-2-3-6-14(13)20(12)10-4-7-16-11-15-17-8-9-18-15/h2-3,5-6,8-9,16H,4,7,10-11H2,1H3,(H,17,18). The zero-order valence-corrected chi connectivity index (χ0v) is 11.6. The number of aryl methyl sites for hydroxylation is 2. The molecule has 3 aromatic rings. The van der Waals surface area contributed by atoms with Gasteiger partial charge >= 0.3 is 0 Å². The van der Waals surface area contributed by atoms with Crippen LogP contribution in [0.4, 0.5) is 0 Å². The van der Waals surface area contributed by atoms with Gasteiger partial charge in [-0.2, -0.15) is 0 Å². The molecule has 0 aliphatic carbocycles. The summed E-state index contributed by atoms with van der Waals surface area (Å²) in [6.45, 7) is 4.80. The van der Waals surface area contributed by atoms with Gasteiger partial charge in [0, 0.05) is 18.9 Å². The van der Waals surface area contributed by atoms with Crippen LogP contribution < -0.4 is 5.32 Å². The maximum atomic E-state index is 4.58. The van der Waals surface area contributed by atoms with Crippen LogP contribution in [0.3, 0.4) is 0 Å². The minimum atomic E-state index is 0.788. The smallest absolute Gasteiger partial charge is 0.120 e. The molecule has 0 aliphatic heterocycles. The summed E-state index contributed by atoms with van der Waals surface area (Å²) in [5.74, 6) is 2.06. The van der Waals surface area contributed by atoms with E-state index in [9.17, 15) is 0 Å². The first-order valence-corrected chi connectivity index (χ1v) is 6.95. The Bertz CT molecular complexity index is 669. The highest BCUT2D eigenvalue weighted by atomic mass is 15.1. The van der Waals surface area contributed by atoms with E-state index < -0.39 is 0 Å². The van der Waals surface area contributed by atoms with Crippen molar-refractivity contribution in [1.82, 2.24) is 24.8 Å². The van der Waals surface area contributed by atoms with Gasteiger partial charge in [-0.05, 0) is 32.0 Å². The maximum absolute atomic E-state index is 4.58. The molecule has 0 amide bonds. The predicted molar refractivity (Wildman–Crippen MR) is 79.4 cm³/mol. The Hall–Kier alpha value is -2.14. The van der Waals surface area contributed by atoms with Crippen molar-refractivity contribution in [3.63, 3.8) is 0 Å². The van der Waals surface area contributed by atoms with Gasteiger partial charge < -0.3 is 14.9 Å². The number of benzene rings is 1. The number of para-hydroxylation sites is 2. The summed E-state index contributed by atoms with van der Waals surface area (Å²) in [6, 6.07) is 8.29. The SMILES string of the molecule is Cc1nc2ccccc2n1CCCNCc1ncc[nH]1. The zero-order valence-electron chi connectivity index (χ0n) is 11.6. The lowest BCUT2D eigenvalue weighted by Crippen LogP contribution is -2.17. The summed E-state index contributed by atoms with van der Waals surface area (Å²) >= 11 is 0. The topological polar surface area (TPSA) is 58.5 Å². The van der Waals surface area contributed by atoms with Crippen molar-refractivity contribution >= 4 is 11.0 Å². The van der Waals surface area contributed by atoms with Gasteiger partial charge in [0.25, 0.3) is 0 Å². The van der Waals surface area contributed by atoms with Crippen LogP contribution >= 0.6 is 0 Å². The van der Waals surface area contributed by atoms with E-state index in [2.05, 4.69) is 50.0 Å². The molecule has 0 saturated carbocycles. The first kappa shape index (κ1) is 12.9. The molecular formula is C15H19N5. The van der Waals surface area contributed by atoms with E-state index in [1.165, 1.54) is 5.52 Å². The molecule has 5 heteroatoms. The fourth-order valence-corrected chi connectivity index (χ4v) is 2.44. The van der Waals surface area contributed by atoms with Crippen molar-refractivity contribution in [3.8, 4) is 0 Å². The number of aromatic nitrogens is 4. The molecule has 0 atom stereocenters. The van der Waals surface area contributed by atoms with Crippen molar-refractivity contribution in [1.29, 1.82) is 0 Å². The number of aromatic amines is 1. The van der Waals surface area contributed by atoms with Crippen LogP contribution in [0.15, 0.2) is 36.7 Å². The maximum Gasteiger partial charge on any atom is 0.120 e. The van der Waals surface area contributed by atoms with Crippen LogP contribution in [-0.4, -0.2) is 26.1 Å². The second-order valence-electron chi connectivity index (χ2n) is 4.87. The summed E-state index contributed by atoms with van der Waals surface area (Å²) < 4.78 is 2.28. The average Bonchev–Trinajstić information content (AvgIpc) is 3.06. The van der Waals surface area contributed by atoms with Gasteiger partial charge in [-0.15, -0.1) is 0 Å². The third kappa shape index (κ3) is 2.72. The number of H-pyrrole nitrogens is 1. The highest BCUT2D eigenvalue weighted by molar-refractivity contribution is 5.75. The molecule has 2 aromatic heterocycles. The molecule has 1 aromatic carbocycles. The minimum absolute atomic E-state index is 0.788. The Morgan fingerprint density at radius 3 is 3.05 bits per heavy atom. The van der Waals surface area contributed by atoms with Gasteiger partial charge in [0.2, 0.25) is 0 Å². The molecule has 0 bridgehead atoms. The fraction of sp³-hybridized carbons (Fsp3) is 0.333. The molecule has 0 spiro atoms. The number of nitrogens with one attached hydrogen (secondary N) is 2. The molecule has 2 N–H and O–H groups in total. The molecule has 0 aliphatic rings. The lowest BCUT2D eigenvalue weighted by molar-refractivity contribution is 0.574. The number of hydrogen-bond donors (Lipinski definition) is 2. The number of imidazole rings is 2. The van der Waals surface area contributed by atoms with E-state index in [1.807, 2.05) is 12.3 Å². The molecule has 0 radical (unpaired) electrons. The predicted octanol–water partition coefficient (Wildman–Crippen LogP) is 2.25. The quantitative estimate of drug-likeness (QED) is 0.675. The first-order valence-electron chi connectivity index (χ1n) is 6.95. The van der Waals surface area contributed by atoms with Crippen LogP contribution in [0.5, 0.6) is 0 Å². The summed E-state index contributed by atoms with van der Waals surface area (Å²) in [5.41, 5.74) is 2.30. The zero-order chi connectivity index (χ0) is 13.8. The average molecular weight is 269 g/mol. The van der Waals surface area contributed by atoms with Crippen molar-refractivity contribution < 1.29 is 0 Å². The van der Waals surface area contributed by atoms with Crippen molar-refractivity contribution in [2.24, 2.45) is 0 Å². The molecule has 5 nitrogen and oxygen atoms in total. The Balaban J connectivity index is 1.53. The molecule has 0 fully saturated rings. The lowest BCUT2D eigenvalue weighted by atomic mass is 10.3. The van der Waals surface area contributed by atoms with E-state index in [1.54, 1.807) is 6.20 Å². The molecule has 2 heterocycles. The van der Waals surface area contributed by atoms with Crippen LogP contribution in [0.25, 0.3) is 11.0 Å². The van der Waals surface area contributed by atoms with Gasteiger partial charge in [-0.1, -0.05) is 12.1 Å². The Morgan fingerprint density at radius 2 is 2.20 bits per heavy atom. The van der Waals surface area contributed by atoms with Crippen LogP contribution in [0, 0.1) is 6.92 Å². The van der Waals surface area contributed by atoms with E-state index in [0.29, 0.717) is 0 Å². The second-order valence-corrected chi connectivity index (χ2v) is 4.87. The van der Waals surface area contributed by atoms with Crippen LogP contribution in [-0.2, 0) is 13.1 Å². The first-order chi connectivity index (χ1) is 9.84. The normalized spacial score (nSPS) is 11.2. The third-order valence-corrected chi connectivity index (χ3v) is 3.43. The van der Waals surface area contributed by atoms with Gasteiger partial charge in [-0.3, -0.25) is 0 Å². The third-order valence-electron chi connectivity index (χ3n) is 3.43. The van der Waals surface area contributed by atoms with Gasteiger partial charge in [0.1, 0.15) is 11.6 Å². The number of hydrogen-bond acceptors (Lipinski definition) is 3. The molecule has 0 unspecified atom stereocenters. The van der Waals surface area contributed by atoms with Crippen LogP contribution in [0.1, 0.15) is 18.1 Å². The largest absolute Gasteiger partial charge is 0.348 e. The van der Waals surface area contributed by atoms with E-state index in [0.717, 1.165) is 43.2 Å². The summed E-state index contributed by atoms with van der Waals surface area (Å²) in [6.07, 6.45) is 4.69. The monoisotopic (exact) mass is 269 g/mol. The number of fused-ring (bicyclic) bond motifs is 1. The second kappa shape index (κ2) is 5.88. The molecule has 20 heavy (non-hydrogen) atoms. The van der Waals surface area contributed by atoms with Crippen molar-refractivity contribution in [2.75, 3.05) is 6.54 Å². The Kier molecular flexibility index (Phi) is 3.78. The van der Waals surface area contributed by atoms with E-state index in [-0.39, 0.29) is 0 Å². The summed E-state index contributed by atoms with van der Waals surface area (Å²) in [5, 5.41) is 3.39. The highest BCUT2D eigenvalue weighted by Crippen LogP contribution is 2.15. The lowest BCUT2D eigenvalue weighted by Gasteiger charge is -2.07. The number of nitrogens with zero attached hydrogens (tertiary/aromatic N) is 3. The van der Waals surface area contributed by atoms with Crippen molar-refractivity contribution in [3.05, 3.63) is 48.3 Å². The van der Waals surface area contributed by atoms with Gasteiger partial charge in [-0.25, -0.2) is 9.97 Å². The summed E-state index contributed by atoms with van der Waals surface area (Å²) in [4.78, 5) is 11.9. The Morgan fingerprint density at radius 1 is 1.30 bits per heavy atom.